The van der Waals surface area contributed by atoms with Crippen LogP contribution < -0.4 is 0 Å². The number of rotatable bonds is 2. The van der Waals surface area contributed by atoms with E-state index in [1.165, 1.54) is 0 Å². The van der Waals surface area contributed by atoms with Crippen LogP contribution in [0.1, 0.15) is 0 Å². The van der Waals surface area contributed by atoms with E-state index in [9.17, 15) is 4.79 Å². The molecular weight excluding hydrogens is 113 g/mol. The summed E-state index contributed by atoms with van der Waals surface area (Å²) in [6.07, 6.45) is 0.887. The van der Waals surface area contributed by atoms with Crippen LogP contribution in [0.15, 0.2) is 0 Å². The molecule has 0 aromatic carbocycles. The maximum absolute atomic E-state index is 9.93. The summed E-state index contributed by atoms with van der Waals surface area (Å²) in [5.74, 6) is -0.602. The van der Waals surface area contributed by atoms with Crippen molar-refractivity contribution in [3.05, 3.63) is 0 Å². The highest BCUT2D eigenvalue weighted by Crippen LogP contribution is 1.80. The van der Waals surface area contributed by atoms with Gasteiger partial charge in [0.25, 0.3) is 0 Å². The van der Waals surface area contributed by atoms with Crippen molar-refractivity contribution in [2.24, 2.45) is 0 Å². The van der Waals surface area contributed by atoms with Crippen molar-refractivity contribution < 1.29 is 9.53 Å². The zero-order valence-corrected chi connectivity index (χ0v) is 4.83. The highest BCUT2D eigenvalue weighted by molar-refractivity contribution is 7.16. The molecule has 0 fully saturated rings. The highest BCUT2D eigenvalue weighted by Gasteiger charge is 1.88. The quantitative estimate of drug-likeness (QED) is 0.316. The molecule has 0 rings (SSSR count). The Kier molecular flexibility index (Phi) is 3.52. The number of hydrogen-bond donors (Lipinski definition) is 1. The van der Waals surface area contributed by atoms with Crippen LogP contribution in [0, 0.1) is 5.41 Å². The number of ether oxygens (including phenoxy) is 1. The van der Waals surface area contributed by atoms with Gasteiger partial charge >= 0.3 is 5.97 Å². The topological polar surface area (TPSA) is 50.2 Å². The number of carbonyl (C=O) groups is 1. The van der Waals surface area contributed by atoms with Crippen LogP contribution in [0.25, 0.3) is 0 Å². The van der Waals surface area contributed by atoms with Crippen LogP contribution in [-0.2, 0) is 9.53 Å². The minimum Gasteiger partial charge on any atom is -0.457 e. The molecule has 1 N–H and O–H groups in total. The second-order valence-electron chi connectivity index (χ2n) is 0.774. The maximum atomic E-state index is 9.93. The molecule has 0 saturated heterocycles. The van der Waals surface area contributed by atoms with E-state index in [2.05, 4.69) is 14.0 Å². The van der Waals surface area contributed by atoms with Crippen molar-refractivity contribution in [1.29, 1.82) is 5.41 Å². The molecule has 3 nitrogen and oxygen atoms in total. The third-order valence-corrected chi connectivity index (χ3v) is 0.510. The summed E-state index contributed by atoms with van der Waals surface area (Å²) in [6, 6.07) is 0. The summed E-state index contributed by atoms with van der Waals surface area (Å²) in [6.45, 7) is 0. The van der Waals surface area contributed by atoms with Crippen molar-refractivity contribution in [3.63, 3.8) is 0 Å². The first-order valence-corrected chi connectivity index (χ1v) is 2.50. The van der Waals surface area contributed by atoms with Crippen molar-refractivity contribution in [3.8, 4) is 0 Å². The Balaban J connectivity index is 3.17. The lowest BCUT2D eigenvalue weighted by atomic mass is 10.8. The van der Waals surface area contributed by atoms with E-state index in [0.717, 1.165) is 0 Å². The van der Waals surface area contributed by atoms with Gasteiger partial charge in [-0.15, -0.1) is 0 Å². The Hall–Kier alpha value is -0.430. The molecule has 0 aromatic rings. The minimum absolute atomic E-state index is 0.258. The molecule has 0 heterocycles. The van der Waals surface area contributed by atoms with E-state index in [1.54, 1.807) is 0 Å². The predicted molar refractivity (Wildman–Crippen MR) is 29.5 cm³/mol. The second kappa shape index (κ2) is 3.75. The fourth-order valence-electron chi connectivity index (χ4n) is 0.124. The van der Waals surface area contributed by atoms with Crippen LogP contribution in [-0.4, -0.2) is 18.5 Å². The average molecular weight is 119 g/mol. The Labute approximate surface area is 43.8 Å². The Morgan fingerprint density at radius 1 is 2.00 bits per heavy atom. The molecule has 1 unspecified atom stereocenters. The summed E-state index contributed by atoms with van der Waals surface area (Å²) in [7, 11) is 2.21. The lowest BCUT2D eigenvalue weighted by Gasteiger charge is -1.89. The first kappa shape index (κ1) is 6.57. The van der Waals surface area contributed by atoms with Crippen molar-refractivity contribution in [2.75, 3.05) is 6.35 Å². The molecule has 40 valence electrons. The van der Waals surface area contributed by atoms with Gasteiger partial charge in [0.05, 0.1) is 0 Å². The van der Waals surface area contributed by atoms with Gasteiger partial charge < -0.3 is 10.1 Å². The van der Waals surface area contributed by atoms with Gasteiger partial charge in [-0.05, 0) is 0 Å². The van der Waals surface area contributed by atoms with E-state index in [0.29, 0.717) is 6.21 Å². The van der Waals surface area contributed by atoms with Gasteiger partial charge in [0.1, 0.15) is 12.6 Å². The molecule has 0 saturated carbocycles. The minimum atomic E-state index is -0.602. The van der Waals surface area contributed by atoms with Crippen LogP contribution >= 0.6 is 9.24 Å². The maximum Gasteiger partial charge on any atom is 0.348 e. The Bertz CT molecular complexity index is 83.0. The molecule has 0 aromatic heterocycles. The fraction of sp³-hybridized carbons (Fsp3) is 0.333. The zero-order valence-electron chi connectivity index (χ0n) is 3.68. The average Bonchev–Trinajstić information content (AvgIpc) is 1.68. The van der Waals surface area contributed by atoms with E-state index in [4.69, 9.17) is 5.41 Å². The highest BCUT2D eigenvalue weighted by atomic mass is 31.0. The monoisotopic (exact) mass is 119 g/mol. The molecule has 0 aliphatic rings. The van der Waals surface area contributed by atoms with E-state index in [1.807, 2.05) is 0 Å². The molecule has 0 bridgehead atoms. The predicted octanol–water partition coefficient (Wildman–Crippen LogP) is 0.0118. The standard InChI is InChI=1S/C3H6NO2P/c4-1-3(5)6-2-7/h1,4H,2,7H2. The molecule has 0 radical (unpaired) electrons. The van der Waals surface area contributed by atoms with Gasteiger partial charge in [-0.25, -0.2) is 4.79 Å². The second-order valence-corrected chi connectivity index (χ2v) is 1.11. The normalized spacial score (nSPS) is 7.57. The lowest BCUT2D eigenvalue weighted by molar-refractivity contribution is -0.133. The van der Waals surface area contributed by atoms with Gasteiger partial charge in [0, 0.05) is 0 Å². The molecule has 0 amide bonds. The van der Waals surface area contributed by atoms with E-state index < -0.39 is 5.97 Å². The van der Waals surface area contributed by atoms with Gasteiger partial charge in [0.2, 0.25) is 0 Å². The largest absolute Gasteiger partial charge is 0.457 e. The smallest absolute Gasteiger partial charge is 0.348 e. The molecule has 0 aliphatic heterocycles. The zero-order chi connectivity index (χ0) is 5.70. The van der Waals surface area contributed by atoms with Crippen molar-refractivity contribution >= 4 is 21.4 Å². The van der Waals surface area contributed by atoms with Gasteiger partial charge in [0.15, 0.2) is 0 Å². The number of carbonyl (C=O) groups excluding carboxylic acids is 1. The lowest BCUT2D eigenvalue weighted by Crippen LogP contribution is -2.01. The third kappa shape index (κ3) is 3.40. The third-order valence-electron chi connectivity index (χ3n) is 0.343. The summed E-state index contributed by atoms with van der Waals surface area (Å²) >= 11 is 0. The first-order chi connectivity index (χ1) is 3.31. The summed E-state index contributed by atoms with van der Waals surface area (Å²) in [4.78, 5) is 9.93. The van der Waals surface area contributed by atoms with Gasteiger partial charge in [-0.3, -0.25) is 0 Å². The van der Waals surface area contributed by atoms with Crippen LogP contribution in [0.4, 0.5) is 0 Å². The molecule has 0 spiro atoms. The fourth-order valence-corrected chi connectivity index (χ4v) is 0.288. The first-order valence-electron chi connectivity index (χ1n) is 1.68. The molecule has 7 heavy (non-hydrogen) atoms. The SMILES string of the molecule is N=CC(=O)OCP. The number of esters is 1. The van der Waals surface area contributed by atoms with Crippen LogP contribution in [0.2, 0.25) is 0 Å². The molecule has 1 atom stereocenters. The molecule has 0 aliphatic carbocycles. The van der Waals surface area contributed by atoms with Crippen molar-refractivity contribution in [1.82, 2.24) is 0 Å². The summed E-state index contributed by atoms with van der Waals surface area (Å²) in [5, 5.41) is 6.30. The van der Waals surface area contributed by atoms with Crippen LogP contribution in [0.5, 0.6) is 0 Å². The van der Waals surface area contributed by atoms with Gasteiger partial charge in [-0.2, -0.15) is 0 Å². The number of hydrogen-bond acceptors (Lipinski definition) is 3. The Morgan fingerprint density at radius 2 is 2.57 bits per heavy atom. The number of nitrogens with one attached hydrogen (secondary N) is 1. The van der Waals surface area contributed by atoms with Crippen LogP contribution in [0.3, 0.4) is 0 Å². The van der Waals surface area contributed by atoms with E-state index >= 15 is 0 Å². The summed E-state index contributed by atoms with van der Waals surface area (Å²) < 4.78 is 4.27. The van der Waals surface area contributed by atoms with Gasteiger partial charge in [-0.1, -0.05) is 9.24 Å². The Morgan fingerprint density at radius 3 is 2.71 bits per heavy atom. The summed E-state index contributed by atoms with van der Waals surface area (Å²) in [5.41, 5.74) is 0. The van der Waals surface area contributed by atoms with E-state index in [-0.39, 0.29) is 6.35 Å². The molecule has 4 heteroatoms. The van der Waals surface area contributed by atoms with Crippen molar-refractivity contribution in [2.45, 2.75) is 0 Å². The molecular formula is C3H6NO2P.